The minimum atomic E-state index is 0.144. The van der Waals surface area contributed by atoms with Gasteiger partial charge in [0.05, 0.1) is 5.52 Å². The molecule has 0 spiro atoms. The Labute approximate surface area is 134 Å². The molecule has 0 saturated carbocycles. The van der Waals surface area contributed by atoms with Gasteiger partial charge in [-0.15, -0.1) is 0 Å². The van der Waals surface area contributed by atoms with E-state index >= 15 is 0 Å². The second kappa shape index (κ2) is 4.37. The molecule has 120 valence electrons. The van der Waals surface area contributed by atoms with Gasteiger partial charge in [-0.1, -0.05) is 48.5 Å². The van der Waals surface area contributed by atoms with Crippen molar-refractivity contribution in [1.29, 1.82) is 0 Å². The van der Waals surface area contributed by atoms with E-state index in [9.17, 15) is 0 Å². The van der Waals surface area contributed by atoms with Crippen LogP contribution in [-0.4, -0.2) is 9.55 Å². The van der Waals surface area contributed by atoms with Crippen molar-refractivity contribution >= 4 is 10.9 Å². The molecule has 0 aromatic carbocycles. The van der Waals surface area contributed by atoms with Crippen molar-refractivity contribution < 1.29 is 0 Å². The number of rotatable bonds is 0. The molecule has 0 saturated heterocycles. The van der Waals surface area contributed by atoms with Crippen LogP contribution in [0.15, 0.2) is 12.4 Å². The highest BCUT2D eigenvalue weighted by Crippen LogP contribution is 2.48. The van der Waals surface area contributed by atoms with Crippen LogP contribution in [0, 0.1) is 17.8 Å². The summed E-state index contributed by atoms with van der Waals surface area (Å²) < 4.78 is 2.61. The first-order valence-electron chi connectivity index (χ1n) is 8.42. The van der Waals surface area contributed by atoms with Crippen LogP contribution in [0.2, 0.25) is 0 Å². The zero-order chi connectivity index (χ0) is 16.5. The topological polar surface area (TPSA) is 17.8 Å². The van der Waals surface area contributed by atoms with E-state index in [0.717, 1.165) is 13.0 Å². The minimum absolute atomic E-state index is 0.144. The first kappa shape index (κ1) is 15.6. The molecule has 0 fully saturated rings. The number of hydrogen-bond acceptors (Lipinski definition) is 1. The van der Waals surface area contributed by atoms with Gasteiger partial charge in [-0.05, 0) is 35.3 Å². The van der Waals surface area contributed by atoms with Gasteiger partial charge in [0, 0.05) is 35.4 Å². The molecule has 0 bridgehead atoms. The zero-order valence-corrected chi connectivity index (χ0v) is 15.5. The normalized spacial score (nSPS) is 20.2. The molecule has 2 aromatic heterocycles. The van der Waals surface area contributed by atoms with Crippen LogP contribution in [0.1, 0.15) is 65.3 Å². The summed E-state index contributed by atoms with van der Waals surface area (Å²) in [4.78, 5) is 4.56. The molecule has 2 aromatic rings. The number of pyridine rings is 1. The van der Waals surface area contributed by atoms with E-state index in [0.29, 0.717) is 0 Å². The van der Waals surface area contributed by atoms with Gasteiger partial charge in [0.2, 0.25) is 0 Å². The lowest BCUT2D eigenvalue weighted by Gasteiger charge is -2.41. The van der Waals surface area contributed by atoms with Gasteiger partial charge in [-0.2, -0.15) is 0 Å². The van der Waals surface area contributed by atoms with Crippen LogP contribution in [0.4, 0.5) is 0 Å². The van der Waals surface area contributed by atoms with E-state index in [4.69, 9.17) is 0 Å². The monoisotopic (exact) mass is 298 g/mol. The van der Waals surface area contributed by atoms with E-state index < -0.39 is 0 Å². The first-order chi connectivity index (χ1) is 9.96. The number of nitrogens with zero attached hydrogens (tertiary/aromatic N) is 2. The van der Waals surface area contributed by atoms with Crippen molar-refractivity contribution in [3.63, 3.8) is 0 Å². The fourth-order valence-electron chi connectivity index (χ4n) is 4.11. The molecule has 0 unspecified atom stereocenters. The van der Waals surface area contributed by atoms with Gasteiger partial charge in [0.25, 0.3) is 0 Å². The molecule has 2 nitrogen and oxygen atoms in total. The highest BCUT2D eigenvalue weighted by Gasteiger charge is 2.42. The summed E-state index contributed by atoms with van der Waals surface area (Å²) in [6, 6.07) is 0. The summed E-state index contributed by atoms with van der Waals surface area (Å²) in [7, 11) is 0. The second-order valence-electron chi connectivity index (χ2n) is 9.45. The molecule has 2 heteroatoms. The first-order valence-corrected chi connectivity index (χ1v) is 8.42. The average molecular weight is 298 g/mol. The average Bonchev–Trinajstić information content (AvgIpc) is 2.57. The third kappa shape index (κ3) is 2.03. The van der Waals surface area contributed by atoms with Crippen LogP contribution in [0.25, 0.3) is 10.9 Å². The van der Waals surface area contributed by atoms with Crippen LogP contribution < -0.4 is 0 Å². The van der Waals surface area contributed by atoms with Crippen LogP contribution in [-0.2, 0) is 18.4 Å². The lowest BCUT2D eigenvalue weighted by molar-refractivity contribution is 0.0924. The number of hydrogen-bond donors (Lipinski definition) is 0. The largest absolute Gasteiger partial charge is 0.343 e. The fourth-order valence-corrected chi connectivity index (χ4v) is 4.11. The third-order valence-electron chi connectivity index (χ3n) is 6.02. The van der Waals surface area contributed by atoms with Crippen LogP contribution >= 0.6 is 0 Å². The maximum atomic E-state index is 4.56. The van der Waals surface area contributed by atoms with Crippen molar-refractivity contribution in [3.05, 3.63) is 29.2 Å². The zero-order valence-electron chi connectivity index (χ0n) is 15.5. The maximum absolute atomic E-state index is 4.56. The third-order valence-corrected chi connectivity index (χ3v) is 6.02. The standard InChI is InChI=1S/C20H30N2/c1-13-15-11-21-10-14-9-19(5,6)20(7,8)12-22(16(14)15)17(13)18(2,3)4/h10-11H,9,12H2,1-8H3. The molecule has 0 N–H and O–H groups in total. The summed E-state index contributed by atoms with van der Waals surface area (Å²) in [6.07, 6.45) is 5.25. The van der Waals surface area contributed by atoms with Crippen molar-refractivity contribution in [2.75, 3.05) is 0 Å². The lowest BCUT2D eigenvalue weighted by atomic mass is 9.65. The van der Waals surface area contributed by atoms with E-state index in [-0.39, 0.29) is 16.2 Å². The Balaban J connectivity index is 2.42. The molecular weight excluding hydrogens is 268 g/mol. The molecule has 1 aliphatic heterocycles. The van der Waals surface area contributed by atoms with Crippen molar-refractivity contribution in [2.45, 2.75) is 73.8 Å². The Kier molecular flexibility index (Phi) is 3.09. The van der Waals surface area contributed by atoms with Crippen molar-refractivity contribution in [1.82, 2.24) is 9.55 Å². The quantitative estimate of drug-likeness (QED) is 0.649. The number of aryl methyl sites for hydroxylation is 1. The van der Waals surface area contributed by atoms with E-state index in [1.54, 1.807) is 0 Å². The van der Waals surface area contributed by atoms with Crippen molar-refractivity contribution in [3.8, 4) is 0 Å². The minimum Gasteiger partial charge on any atom is -0.343 e. The molecule has 0 radical (unpaired) electrons. The van der Waals surface area contributed by atoms with Gasteiger partial charge in [-0.25, -0.2) is 0 Å². The Morgan fingerprint density at radius 3 is 2.27 bits per heavy atom. The Morgan fingerprint density at radius 2 is 1.68 bits per heavy atom. The summed E-state index contributed by atoms with van der Waals surface area (Å²) in [5.74, 6) is 0. The van der Waals surface area contributed by atoms with Gasteiger partial charge < -0.3 is 4.57 Å². The SMILES string of the molecule is Cc1c(C(C)(C)C)n2c3c(cncc13)CC(C)(C)C(C)(C)C2. The highest BCUT2D eigenvalue weighted by atomic mass is 15.0. The summed E-state index contributed by atoms with van der Waals surface area (Å²) in [6.45, 7) is 20.0. The molecular formula is C20H30N2. The Hall–Kier alpha value is -1.31. The van der Waals surface area contributed by atoms with E-state index in [1.807, 2.05) is 0 Å². The lowest BCUT2D eigenvalue weighted by Crippen LogP contribution is -2.37. The smallest absolute Gasteiger partial charge is 0.0549 e. The number of aromatic nitrogens is 2. The van der Waals surface area contributed by atoms with Crippen LogP contribution in [0.3, 0.4) is 0 Å². The summed E-state index contributed by atoms with van der Waals surface area (Å²) in [5.41, 5.74) is 6.36. The predicted octanol–water partition coefficient (Wildman–Crippen LogP) is 5.25. The molecule has 0 atom stereocenters. The fraction of sp³-hybridized carbons (Fsp3) is 0.650. The maximum Gasteiger partial charge on any atom is 0.0549 e. The van der Waals surface area contributed by atoms with Gasteiger partial charge >= 0.3 is 0 Å². The van der Waals surface area contributed by atoms with Gasteiger partial charge in [-0.3, -0.25) is 4.98 Å². The van der Waals surface area contributed by atoms with E-state index in [2.05, 4.69) is 77.3 Å². The predicted molar refractivity (Wildman–Crippen MR) is 94.4 cm³/mol. The molecule has 3 rings (SSSR count). The molecule has 22 heavy (non-hydrogen) atoms. The van der Waals surface area contributed by atoms with Crippen LogP contribution in [0.5, 0.6) is 0 Å². The molecule has 3 heterocycles. The van der Waals surface area contributed by atoms with Crippen molar-refractivity contribution in [2.24, 2.45) is 10.8 Å². The van der Waals surface area contributed by atoms with Gasteiger partial charge in [0.15, 0.2) is 0 Å². The molecule has 1 aliphatic rings. The Bertz CT molecular complexity index is 739. The molecule has 0 aliphatic carbocycles. The van der Waals surface area contributed by atoms with E-state index in [1.165, 1.54) is 27.7 Å². The summed E-state index contributed by atoms with van der Waals surface area (Å²) >= 11 is 0. The molecule has 0 amide bonds. The summed E-state index contributed by atoms with van der Waals surface area (Å²) in [5, 5.41) is 1.34. The second-order valence-corrected chi connectivity index (χ2v) is 9.45. The highest BCUT2D eigenvalue weighted by molar-refractivity contribution is 5.88. The van der Waals surface area contributed by atoms with Gasteiger partial charge in [0.1, 0.15) is 0 Å². The Morgan fingerprint density at radius 1 is 1.05 bits per heavy atom.